The van der Waals surface area contributed by atoms with E-state index in [4.69, 9.17) is 12.2 Å². The number of hydrogen-bond acceptors (Lipinski definition) is 5. The van der Waals surface area contributed by atoms with Crippen molar-refractivity contribution in [2.24, 2.45) is 0 Å². The summed E-state index contributed by atoms with van der Waals surface area (Å²) in [5, 5.41) is 10.1. The first kappa shape index (κ1) is 21.3. The number of rotatable bonds is 6. The number of amides is 1. The summed E-state index contributed by atoms with van der Waals surface area (Å²) in [6.07, 6.45) is 0. The highest BCUT2D eigenvalue weighted by Gasteiger charge is 2.16. The molecule has 0 radical (unpaired) electrons. The summed E-state index contributed by atoms with van der Waals surface area (Å²) in [7, 11) is 0. The van der Waals surface area contributed by atoms with Gasteiger partial charge in [-0.1, -0.05) is 41.7 Å². The van der Waals surface area contributed by atoms with Crippen LogP contribution in [0.1, 0.15) is 6.92 Å². The molecule has 8 heteroatoms. The lowest BCUT2D eigenvalue weighted by Gasteiger charge is -2.12. The molecule has 31 heavy (non-hydrogen) atoms. The molecular weight excluding hydrogens is 444 g/mol. The summed E-state index contributed by atoms with van der Waals surface area (Å²) in [5.74, 6) is -0.0699. The third-order valence-electron chi connectivity index (χ3n) is 4.35. The smallest absolute Gasteiger partial charge is 0.239 e. The SMILES string of the molecule is CC(Sc1ccc(NC(=S)Nc2ccccc2)cc1)C(=O)Nc1nc2ccccc2s1. The Labute approximate surface area is 194 Å². The lowest BCUT2D eigenvalue weighted by atomic mass is 10.3. The first-order chi connectivity index (χ1) is 15.1. The highest BCUT2D eigenvalue weighted by Crippen LogP contribution is 2.28. The van der Waals surface area contributed by atoms with E-state index in [1.807, 2.05) is 85.8 Å². The molecule has 0 aliphatic carbocycles. The van der Waals surface area contributed by atoms with Crippen molar-refractivity contribution in [1.82, 2.24) is 4.98 Å². The van der Waals surface area contributed by atoms with Crippen molar-refractivity contribution in [2.45, 2.75) is 17.1 Å². The van der Waals surface area contributed by atoms with Gasteiger partial charge in [0.25, 0.3) is 0 Å². The molecule has 0 saturated carbocycles. The molecule has 0 aliphatic heterocycles. The van der Waals surface area contributed by atoms with Gasteiger partial charge in [0.2, 0.25) is 5.91 Å². The Morgan fingerprint density at radius 1 is 0.903 bits per heavy atom. The Balaban J connectivity index is 1.30. The molecule has 1 heterocycles. The fraction of sp³-hybridized carbons (Fsp3) is 0.0870. The number of nitrogens with one attached hydrogen (secondary N) is 3. The molecule has 0 fully saturated rings. The number of carbonyl (C=O) groups is 1. The summed E-state index contributed by atoms with van der Waals surface area (Å²) in [4.78, 5) is 18.0. The lowest BCUT2D eigenvalue weighted by Crippen LogP contribution is -2.22. The number of anilines is 3. The van der Waals surface area contributed by atoms with Gasteiger partial charge >= 0.3 is 0 Å². The zero-order valence-corrected chi connectivity index (χ0v) is 19.1. The number of carbonyl (C=O) groups excluding carboxylic acids is 1. The maximum Gasteiger partial charge on any atom is 0.239 e. The molecule has 0 aliphatic rings. The summed E-state index contributed by atoms with van der Waals surface area (Å²) in [6, 6.07) is 25.4. The molecule has 1 unspecified atom stereocenters. The standard InChI is InChI=1S/C23H20N4OS3/c1-15(21(28)27-23-26-19-9-5-6-10-20(19)31-23)30-18-13-11-17(12-14-18)25-22(29)24-16-7-3-2-4-8-16/h2-15H,1H3,(H2,24,25,29)(H,26,27,28). The second-order valence-corrected chi connectivity index (χ2v) is 9.56. The first-order valence-corrected chi connectivity index (χ1v) is 11.7. The van der Waals surface area contributed by atoms with E-state index in [1.54, 1.807) is 0 Å². The fourth-order valence-corrected chi connectivity index (χ4v) is 4.79. The molecule has 156 valence electrons. The number of thiocarbonyl (C=S) groups is 1. The number of thiazole rings is 1. The van der Waals surface area contributed by atoms with Crippen molar-refractivity contribution in [2.75, 3.05) is 16.0 Å². The van der Waals surface area contributed by atoms with Gasteiger partial charge in [0.15, 0.2) is 10.2 Å². The Morgan fingerprint density at radius 3 is 2.26 bits per heavy atom. The second-order valence-electron chi connectivity index (χ2n) is 6.71. The fourth-order valence-electron chi connectivity index (χ4n) is 2.82. The number of fused-ring (bicyclic) bond motifs is 1. The highest BCUT2D eigenvalue weighted by atomic mass is 32.2. The normalized spacial score (nSPS) is 11.6. The van der Waals surface area contributed by atoms with Gasteiger partial charge in [0, 0.05) is 16.3 Å². The molecule has 3 N–H and O–H groups in total. The Kier molecular flexibility index (Phi) is 6.81. The van der Waals surface area contributed by atoms with Crippen LogP contribution in [0, 0.1) is 0 Å². The largest absolute Gasteiger partial charge is 0.332 e. The van der Waals surface area contributed by atoms with E-state index >= 15 is 0 Å². The minimum Gasteiger partial charge on any atom is -0.332 e. The van der Waals surface area contributed by atoms with E-state index in [2.05, 4.69) is 20.9 Å². The van der Waals surface area contributed by atoms with Gasteiger partial charge < -0.3 is 16.0 Å². The molecule has 4 aromatic rings. The number of nitrogens with zero attached hydrogens (tertiary/aromatic N) is 1. The summed E-state index contributed by atoms with van der Waals surface area (Å²) in [5.41, 5.74) is 2.70. The van der Waals surface area contributed by atoms with Crippen LogP contribution in [-0.2, 0) is 4.79 Å². The maximum atomic E-state index is 12.6. The van der Waals surface area contributed by atoms with Crippen LogP contribution < -0.4 is 16.0 Å². The van der Waals surface area contributed by atoms with Gasteiger partial charge in [0.05, 0.1) is 15.5 Å². The van der Waals surface area contributed by atoms with E-state index in [9.17, 15) is 4.79 Å². The molecule has 1 atom stereocenters. The van der Waals surface area contributed by atoms with E-state index < -0.39 is 0 Å². The predicted octanol–water partition coefficient (Wildman–Crippen LogP) is 6.22. The zero-order chi connectivity index (χ0) is 21.6. The lowest BCUT2D eigenvalue weighted by molar-refractivity contribution is -0.115. The average molecular weight is 465 g/mol. The molecule has 4 rings (SSSR count). The van der Waals surface area contributed by atoms with Gasteiger partial charge in [-0.25, -0.2) is 4.98 Å². The van der Waals surface area contributed by atoms with Gasteiger partial charge in [-0.2, -0.15) is 0 Å². The van der Waals surface area contributed by atoms with E-state index in [-0.39, 0.29) is 11.2 Å². The zero-order valence-electron chi connectivity index (χ0n) is 16.7. The molecule has 0 spiro atoms. The number of aromatic nitrogens is 1. The minimum absolute atomic E-state index is 0.0699. The molecule has 5 nitrogen and oxygen atoms in total. The van der Waals surface area contributed by atoms with Crippen molar-refractivity contribution in [1.29, 1.82) is 0 Å². The summed E-state index contributed by atoms with van der Waals surface area (Å²) < 4.78 is 1.06. The van der Waals surface area contributed by atoms with Crippen LogP contribution in [0.25, 0.3) is 10.2 Å². The molecule has 1 amide bonds. The molecule has 0 saturated heterocycles. The van der Waals surface area contributed by atoms with Gasteiger partial charge in [-0.3, -0.25) is 4.79 Å². The van der Waals surface area contributed by atoms with Gasteiger partial charge in [-0.15, -0.1) is 11.8 Å². The van der Waals surface area contributed by atoms with Crippen LogP contribution in [0.4, 0.5) is 16.5 Å². The number of benzene rings is 3. The predicted molar refractivity (Wildman–Crippen MR) is 136 cm³/mol. The van der Waals surface area contributed by atoms with Crippen LogP contribution in [0.2, 0.25) is 0 Å². The Bertz CT molecular complexity index is 1160. The van der Waals surface area contributed by atoms with E-state index in [1.165, 1.54) is 23.1 Å². The monoisotopic (exact) mass is 464 g/mol. The highest BCUT2D eigenvalue weighted by molar-refractivity contribution is 8.00. The van der Waals surface area contributed by atoms with Crippen LogP contribution in [0.5, 0.6) is 0 Å². The number of para-hydroxylation sites is 2. The number of hydrogen-bond donors (Lipinski definition) is 3. The second kappa shape index (κ2) is 9.91. The third-order valence-corrected chi connectivity index (χ3v) is 6.62. The Morgan fingerprint density at radius 2 is 1.55 bits per heavy atom. The van der Waals surface area contributed by atoms with Crippen molar-refractivity contribution < 1.29 is 4.79 Å². The van der Waals surface area contributed by atoms with Crippen LogP contribution in [-0.4, -0.2) is 21.3 Å². The maximum absolute atomic E-state index is 12.6. The van der Waals surface area contributed by atoms with Crippen LogP contribution >= 0.6 is 35.3 Å². The minimum atomic E-state index is -0.258. The average Bonchev–Trinajstić information content (AvgIpc) is 3.18. The van der Waals surface area contributed by atoms with E-state index in [0.717, 1.165) is 26.5 Å². The Hall–Kier alpha value is -2.94. The van der Waals surface area contributed by atoms with Crippen molar-refractivity contribution in [3.8, 4) is 0 Å². The van der Waals surface area contributed by atoms with E-state index in [0.29, 0.717) is 10.2 Å². The third kappa shape index (κ3) is 5.81. The molecule has 0 bridgehead atoms. The van der Waals surface area contributed by atoms with Gasteiger partial charge in [0.1, 0.15) is 0 Å². The summed E-state index contributed by atoms with van der Waals surface area (Å²) in [6.45, 7) is 1.89. The van der Waals surface area contributed by atoms with Crippen LogP contribution in [0.15, 0.2) is 83.8 Å². The summed E-state index contributed by atoms with van der Waals surface area (Å²) >= 11 is 8.33. The molecule has 3 aromatic carbocycles. The first-order valence-electron chi connectivity index (χ1n) is 9.63. The van der Waals surface area contributed by atoms with Crippen molar-refractivity contribution >= 4 is 73.1 Å². The topological polar surface area (TPSA) is 66.0 Å². The molecule has 1 aromatic heterocycles. The number of thioether (sulfide) groups is 1. The molecular formula is C23H20N4OS3. The van der Waals surface area contributed by atoms with Crippen molar-refractivity contribution in [3.05, 3.63) is 78.9 Å². The quantitative estimate of drug-likeness (QED) is 0.232. The van der Waals surface area contributed by atoms with Crippen molar-refractivity contribution in [3.63, 3.8) is 0 Å². The van der Waals surface area contributed by atoms with Gasteiger partial charge in [-0.05, 0) is 67.7 Å². The van der Waals surface area contributed by atoms with Crippen LogP contribution in [0.3, 0.4) is 0 Å².